The zero-order valence-electron chi connectivity index (χ0n) is 6.54. The maximum absolute atomic E-state index is 12.9. The quantitative estimate of drug-likeness (QED) is 0.437. The minimum absolute atomic E-state index is 0.128. The zero-order chi connectivity index (χ0) is 9.68. The highest BCUT2D eigenvalue weighted by atomic mass is 19.1. The van der Waals surface area contributed by atoms with E-state index in [1.165, 1.54) is 18.2 Å². The van der Waals surface area contributed by atoms with Crippen molar-refractivity contribution in [2.75, 3.05) is 0 Å². The lowest BCUT2D eigenvalue weighted by Gasteiger charge is -1.94. The Balaban J connectivity index is 3.30. The molecule has 0 aliphatic carbocycles. The van der Waals surface area contributed by atoms with E-state index in [1.54, 1.807) is 6.07 Å². The molecule has 0 aromatic heterocycles. The molecule has 0 aliphatic rings. The molecule has 1 aromatic rings. The van der Waals surface area contributed by atoms with Crippen molar-refractivity contribution in [3.63, 3.8) is 0 Å². The summed E-state index contributed by atoms with van der Waals surface area (Å²) in [5.41, 5.74) is 0.103. The Kier molecular flexibility index (Phi) is 2.78. The second-order valence-corrected chi connectivity index (χ2v) is 2.16. The zero-order valence-corrected chi connectivity index (χ0v) is 6.54. The van der Waals surface area contributed by atoms with Crippen LogP contribution in [0.25, 0.3) is 0 Å². The van der Waals surface area contributed by atoms with Crippen LogP contribution in [0.4, 0.5) is 4.39 Å². The van der Waals surface area contributed by atoms with Gasteiger partial charge < -0.3 is 0 Å². The van der Waals surface area contributed by atoms with Gasteiger partial charge in [-0.15, -0.1) is 0 Å². The number of carbonyl (C=O) groups excluding carboxylic acids is 1. The first-order chi connectivity index (χ1) is 6.29. The molecule has 0 N–H and O–H groups in total. The number of halogens is 1. The fourth-order valence-corrected chi connectivity index (χ4v) is 0.849. The summed E-state index contributed by atoms with van der Waals surface area (Å²) in [5, 5.41) is 8.55. The Hall–Kier alpha value is -2.13. The van der Waals surface area contributed by atoms with Gasteiger partial charge in [0, 0.05) is 5.56 Å². The highest BCUT2D eigenvalue weighted by molar-refractivity contribution is 5.74. The topological polar surface area (TPSA) is 40.9 Å². The van der Waals surface area contributed by atoms with Gasteiger partial charge in [-0.3, -0.25) is 4.79 Å². The molecule has 2 nitrogen and oxygen atoms in total. The van der Waals surface area contributed by atoms with E-state index in [4.69, 9.17) is 5.26 Å². The molecule has 0 bridgehead atoms. The Labute approximate surface area is 74.6 Å². The summed E-state index contributed by atoms with van der Waals surface area (Å²) in [4.78, 5) is 9.91. The Morgan fingerprint density at radius 3 is 2.85 bits per heavy atom. The first-order valence-electron chi connectivity index (χ1n) is 3.43. The van der Waals surface area contributed by atoms with Crippen LogP contribution in [0, 0.1) is 29.0 Å². The summed E-state index contributed by atoms with van der Waals surface area (Å²) < 4.78 is 12.9. The standard InChI is InChI=1S/C10H4FNO/c11-10-5-1-3-8(4-2-6-13)9(10)7-12/h1,3,5-6H. The van der Waals surface area contributed by atoms with Crippen LogP contribution in [0.2, 0.25) is 0 Å². The molecule has 0 saturated carbocycles. The second kappa shape index (κ2) is 4.04. The molecule has 62 valence electrons. The van der Waals surface area contributed by atoms with E-state index >= 15 is 0 Å². The normalized spacial score (nSPS) is 8.00. The largest absolute Gasteiger partial charge is 0.289 e. The summed E-state index contributed by atoms with van der Waals surface area (Å²) in [6.45, 7) is 0. The van der Waals surface area contributed by atoms with Gasteiger partial charge in [-0.25, -0.2) is 4.39 Å². The Bertz CT molecular complexity index is 434. The summed E-state index contributed by atoms with van der Waals surface area (Å²) in [5.74, 6) is 3.87. The molecule has 0 atom stereocenters. The average Bonchev–Trinajstić information content (AvgIpc) is 2.15. The summed E-state index contributed by atoms with van der Waals surface area (Å²) in [6.07, 6.45) is 0.395. The molecule has 0 heterocycles. The van der Waals surface area contributed by atoms with Crippen LogP contribution >= 0.6 is 0 Å². The number of nitriles is 1. The van der Waals surface area contributed by atoms with Gasteiger partial charge >= 0.3 is 0 Å². The molecule has 0 unspecified atom stereocenters. The molecule has 0 radical (unpaired) electrons. The molecule has 1 aromatic carbocycles. The van der Waals surface area contributed by atoms with Crippen LogP contribution < -0.4 is 0 Å². The lowest BCUT2D eigenvalue weighted by atomic mass is 10.1. The third-order valence-corrected chi connectivity index (χ3v) is 1.39. The lowest BCUT2D eigenvalue weighted by Crippen LogP contribution is -1.88. The summed E-state index contributed by atoms with van der Waals surface area (Å²) >= 11 is 0. The average molecular weight is 173 g/mol. The van der Waals surface area contributed by atoms with Crippen molar-refractivity contribution in [1.82, 2.24) is 0 Å². The van der Waals surface area contributed by atoms with Crippen LogP contribution in [-0.2, 0) is 4.79 Å². The predicted octanol–water partition coefficient (Wildman–Crippen LogP) is 1.25. The van der Waals surface area contributed by atoms with E-state index in [1.807, 2.05) is 0 Å². The molecule has 0 fully saturated rings. The van der Waals surface area contributed by atoms with E-state index in [9.17, 15) is 9.18 Å². The van der Waals surface area contributed by atoms with Gasteiger partial charge in [0.1, 0.15) is 17.4 Å². The van der Waals surface area contributed by atoms with E-state index in [0.717, 1.165) is 0 Å². The fourth-order valence-electron chi connectivity index (χ4n) is 0.849. The van der Waals surface area contributed by atoms with Crippen LogP contribution in [-0.4, -0.2) is 6.29 Å². The first kappa shape index (κ1) is 8.96. The van der Waals surface area contributed by atoms with Crippen molar-refractivity contribution in [2.45, 2.75) is 0 Å². The third kappa shape index (κ3) is 1.91. The van der Waals surface area contributed by atoms with E-state index in [2.05, 4.69) is 11.8 Å². The number of hydrogen-bond donors (Lipinski definition) is 0. The number of benzene rings is 1. The smallest absolute Gasteiger partial charge is 0.193 e. The second-order valence-electron chi connectivity index (χ2n) is 2.16. The Morgan fingerprint density at radius 1 is 1.46 bits per heavy atom. The number of aldehydes is 1. The fraction of sp³-hybridized carbons (Fsp3) is 0. The minimum atomic E-state index is -0.625. The first-order valence-corrected chi connectivity index (χ1v) is 3.43. The maximum Gasteiger partial charge on any atom is 0.193 e. The van der Waals surface area contributed by atoms with Gasteiger partial charge in [-0.2, -0.15) is 5.26 Å². The van der Waals surface area contributed by atoms with Crippen LogP contribution in [0.1, 0.15) is 11.1 Å². The van der Waals surface area contributed by atoms with E-state index in [-0.39, 0.29) is 11.1 Å². The van der Waals surface area contributed by atoms with Crippen LogP contribution in [0.3, 0.4) is 0 Å². The molecule has 0 saturated heterocycles. The van der Waals surface area contributed by atoms with Crippen molar-refractivity contribution in [1.29, 1.82) is 5.26 Å². The molecule has 3 heteroatoms. The highest BCUT2D eigenvalue weighted by Gasteiger charge is 2.04. The van der Waals surface area contributed by atoms with Gasteiger partial charge in [0.25, 0.3) is 0 Å². The van der Waals surface area contributed by atoms with Gasteiger partial charge in [0.15, 0.2) is 6.29 Å². The highest BCUT2D eigenvalue weighted by Crippen LogP contribution is 2.10. The van der Waals surface area contributed by atoms with E-state index < -0.39 is 5.82 Å². The lowest BCUT2D eigenvalue weighted by molar-refractivity contribution is -0.103. The van der Waals surface area contributed by atoms with Gasteiger partial charge in [-0.05, 0) is 18.1 Å². The van der Waals surface area contributed by atoms with Crippen molar-refractivity contribution in [3.8, 4) is 17.9 Å². The summed E-state index contributed by atoms with van der Waals surface area (Å²) in [6, 6.07) is 5.77. The van der Waals surface area contributed by atoms with Crippen molar-refractivity contribution in [2.24, 2.45) is 0 Å². The number of rotatable bonds is 0. The van der Waals surface area contributed by atoms with E-state index in [0.29, 0.717) is 6.29 Å². The van der Waals surface area contributed by atoms with Crippen LogP contribution in [0.15, 0.2) is 18.2 Å². The SMILES string of the molecule is N#Cc1c(F)cccc1C#CC=O. The van der Waals surface area contributed by atoms with Gasteiger partial charge in [0.05, 0.1) is 0 Å². The number of hydrogen-bond acceptors (Lipinski definition) is 2. The van der Waals surface area contributed by atoms with Crippen LogP contribution in [0.5, 0.6) is 0 Å². The maximum atomic E-state index is 12.9. The minimum Gasteiger partial charge on any atom is -0.289 e. The molecular formula is C10H4FNO. The van der Waals surface area contributed by atoms with Gasteiger partial charge in [0.2, 0.25) is 0 Å². The summed E-state index contributed by atoms with van der Waals surface area (Å²) in [7, 11) is 0. The molecule has 0 amide bonds. The van der Waals surface area contributed by atoms with Crippen molar-refractivity contribution in [3.05, 3.63) is 35.1 Å². The third-order valence-electron chi connectivity index (χ3n) is 1.39. The number of nitrogens with zero attached hydrogens (tertiary/aromatic N) is 1. The molecule has 13 heavy (non-hydrogen) atoms. The Morgan fingerprint density at radius 2 is 2.23 bits per heavy atom. The molecule has 0 aliphatic heterocycles. The molecule has 0 spiro atoms. The van der Waals surface area contributed by atoms with Crippen molar-refractivity contribution < 1.29 is 9.18 Å². The monoisotopic (exact) mass is 173 g/mol. The predicted molar refractivity (Wildman–Crippen MR) is 44.1 cm³/mol. The number of carbonyl (C=O) groups is 1. The molecule has 1 rings (SSSR count). The molecular weight excluding hydrogens is 169 g/mol. The van der Waals surface area contributed by atoms with Crippen molar-refractivity contribution >= 4 is 6.29 Å². The van der Waals surface area contributed by atoms with Gasteiger partial charge in [-0.1, -0.05) is 12.0 Å².